The molecule has 0 unspecified atom stereocenters. The van der Waals surface area contributed by atoms with Crippen molar-refractivity contribution >= 4 is 24.2 Å². The molecular weight excluding hydrogens is 376 g/mol. The third-order valence-electron chi connectivity index (χ3n) is 4.31. The molecule has 1 aromatic rings. The number of hydrogen-bond acceptors (Lipinski definition) is 6. The highest BCUT2D eigenvalue weighted by Gasteiger charge is 2.26. The van der Waals surface area contributed by atoms with Crippen LogP contribution in [0.1, 0.15) is 64.7 Å². The molecule has 0 amide bonds. The van der Waals surface area contributed by atoms with Gasteiger partial charge >= 0.3 is 5.97 Å². The Morgan fingerprint density at radius 1 is 1.04 bits per heavy atom. The summed E-state index contributed by atoms with van der Waals surface area (Å²) < 4.78 is 9.87. The quantitative estimate of drug-likeness (QED) is 0.351. The van der Waals surface area contributed by atoms with Gasteiger partial charge in [-0.05, 0) is 33.9 Å². The molecule has 0 aliphatic heterocycles. The van der Waals surface area contributed by atoms with Crippen LogP contribution < -0.4 is 0 Å². The van der Waals surface area contributed by atoms with Crippen LogP contribution >= 0.6 is 11.8 Å². The monoisotopic (exact) mass is 410 g/mol. The summed E-state index contributed by atoms with van der Waals surface area (Å²) in [5.41, 5.74) is 2.45. The summed E-state index contributed by atoms with van der Waals surface area (Å²) >= 11 is 1.57. The Morgan fingerprint density at radius 3 is 2.07 bits per heavy atom. The Hall–Kier alpha value is -1.69. The number of carbonyl (C=O) groups is 2. The molecule has 0 saturated heterocycles. The van der Waals surface area contributed by atoms with Crippen molar-refractivity contribution in [1.82, 2.24) is 0 Å². The van der Waals surface area contributed by atoms with Gasteiger partial charge in [0.05, 0.1) is 0 Å². The van der Waals surface area contributed by atoms with Gasteiger partial charge < -0.3 is 14.6 Å². The lowest BCUT2D eigenvalue weighted by molar-refractivity contribution is -0.142. The predicted molar refractivity (Wildman–Crippen MR) is 114 cm³/mol. The van der Waals surface area contributed by atoms with Crippen molar-refractivity contribution in [2.24, 2.45) is 0 Å². The molecule has 0 fully saturated rings. The van der Waals surface area contributed by atoms with Crippen molar-refractivity contribution < 1.29 is 24.2 Å². The topological polar surface area (TPSA) is 72.8 Å². The fraction of sp³-hybridized carbons (Fsp3) is 0.636. The molecule has 1 aromatic carbocycles. The zero-order valence-corrected chi connectivity index (χ0v) is 18.8. The van der Waals surface area contributed by atoms with Gasteiger partial charge in [0, 0.05) is 17.9 Å². The SMILES string of the molecule is CC(C)(C)c1cc(CCC(=O)OCCSCCOC=O)cc(C(C)(C)C)c1O. The molecule has 1 rings (SSSR count). The van der Waals surface area contributed by atoms with Gasteiger partial charge in [-0.1, -0.05) is 53.7 Å². The number of hydrogen-bond donors (Lipinski definition) is 1. The van der Waals surface area contributed by atoms with E-state index in [0.29, 0.717) is 49.8 Å². The average Bonchev–Trinajstić information content (AvgIpc) is 2.58. The van der Waals surface area contributed by atoms with Crippen molar-refractivity contribution in [2.45, 2.75) is 65.2 Å². The molecule has 0 aromatic heterocycles. The molecule has 0 saturated carbocycles. The second kappa shape index (κ2) is 10.7. The first-order valence-electron chi connectivity index (χ1n) is 9.62. The Balaban J connectivity index is 2.66. The summed E-state index contributed by atoms with van der Waals surface area (Å²) in [5.74, 6) is 1.49. The van der Waals surface area contributed by atoms with Gasteiger partial charge in [-0.2, -0.15) is 11.8 Å². The van der Waals surface area contributed by atoms with Gasteiger partial charge in [-0.15, -0.1) is 0 Å². The Morgan fingerprint density at radius 2 is 1.57 bits per heavy atom. The van der Waals surface area contributed by atoms with Crippen LogP contribution in [0.25, 0.3) is 0 Å². The van der Waals surface area contributed by atoms with Gasteiger partial charge in [-0.25, -0.2) is 0 Å². The zero-order valence-electron chi connectivity index (χ0n) is 18.0. The summed E-state index contributed by atoms with van der Waals surface area (Å²) in [7, 11) is 0. The third kappa shape index (κ3) is 8.13. The fourth-order valence-corrected chi connectivity index (χ4v) is 3.39. The maximum atomic E-state index is 12.0. The first kappa shape index (κ1) is 24.3. The molecule has 0 spiro atoms. The molecule has 0 heterocycles. The second-order valence-electron chi connectivity index (χ2n) is 8.84. The largest absolute Gasteiger partial charge is 0.507 e. The molecule has 0 aliphatic rings. The van der Waals surface area contributed by atoms with Crippen molar-refractivity contribution in [3.05, 3.63) is 28.8 Å². The van der Waals surface area contributed by atoms with E-state index in [1.165, 1.54) is 0 Å². The van der Waals surface area contributed by atoms with Crippen LogP contribution in [0.3, 0.4) is 0 Å². The Kier molecular flexibility index (Phi) is 9.34. The van der Waals surface area contributed by atoms with E-state index in [-0.39, 0.29) is 16.8 Å². The summed E-state index contributed by atoms with van der Waals surface area (Å²) in [4.78, 5) is 22.1. The molecule has 1 N–H and O–H groups in total. The van der Waals surface area contributed by atoms with Crippen LogP contribution in [-0.2, 0) is 36.3 Å². The number of carbonyl (C=O) groups excluding carboxylic acids is 2. The van der Waals surface area contributed by atoms with Gasteiger partial charge in [0.25, 0.3) is 6.47 Å². The number of phenols is 1. The Bertz CT molecular complexity index is 621. The van der Waals surface area contributed by atoms with E-state index in [0.717, 1.165) is 16.7 Å². The highest BCUT2D eigenvalue weighted by Crippen LogP contribution is 2.39. The van der Waals surface area contributed by atoms with Crippen molar-refractivity contribution in [3.8, 4) is 5.75 Å². The summed E-state index contributed by atoms with van der Waals surface area (Å²) in [5, 5.41) is 10.8. The van der Waals surface area contributed by atoms with E-state index < -0.39 is 0 Å². The van der Waals surface area contributed by atoms with Crippen LogP contribution in [0.2, 0.25) is 0 Å². The number of aryl methyl sites for hydroxylation is 1. The highest BCUT2D eigenvalue weighted by atomic mass is 32.2. The third-order valence-corrected chi connectivity index (χ3v) is 5.22. The molecule has 158 valence electrons. The Labute approximate surface area is 173 Å². The molecule has 0 radical (unpaired) electrons. The van der Waals surface area contributed by atoms with Gasteiger partial charge in [0.15, 0.2) is 0 Å². The maximum Gasteiger partial charge on any atom is 0.306 e. The molecule has 6 heteroatoms. The lowest BCUT2D eigenvalue weighted by Gasteiger charge is -2.28. The van der Waals surface area contributed by atoms with Gasteiger partial charge in [0.2, 0.25) is 0 Å². The lowest BCUT2D eigenvalue weighted by Crippen LogP contribution is -2.18. The highest BCUT2D eigenvalue weighted by molar-refractivity contribution is 7.99. The van der Waals surface area contributed by atoms with Crippen LogP contribution in [0.4, 0.5) is 0 Å². The van der Waals surface area contributed by atoms with E-state index in [1.807, 2.05) is 12.1 Å². The molecule has 0 aliphatic carbocycles. The standard InChI is InChI=1S/C22H34O5S/c1-21(2,3)17-13-16(14-18(20(17)25)22(4,5)6)7-8-19(24)27-10-12-28-11-9-26-15-23/h13-15,25H,7-12H2,1-6H3. The molecule has 0 bridgehead atoms. The first-order chi connectivity index (χ1) is 13.0. The van der Waals surface area contributed by atoms with Gasteiger partial charge in [0.1, 0.15) is 19.0 Å². The zero-order chi connectivity index (χ0) is 21.4. The summed E-state index contributed by atoms with van der Waals surface area (Å²) in [6.45, 7) is 13.6. The van der Waals surface area contributed by atoms with Crippen molar-refractivity contribution in [2.75, 3.05) is 24.7 Å². The summed E-state index contributed by atoms with van der Waals surface area (Å²) in [6.07, 6.45) is 0.877. The van der Waals surface area contributed by atoms with Crippen molar-refractivity contribution in [1.29, 1.82) is 0 Å². The second-order valence-corrected chi connectivity index (χ2v) is 10.1. The van der Waals surface area contributed by atoms with Crippen LogP contribution in [-0.4, -0.2) is 42.3 Å². The van der Waals surface area contributed by atoms with E-state index in [9.17, 15) is 14.7 Å². The number of benzene rings is 1. The summed E-state index contributed by atoms with van der Waals surface area (Å²) in [6, 6.07) is 4.00. The number of phenolic OH excluding ortho intramolecular Hbond substituents is 1. The fourth-order valence-electron chi connectivity index (χ4n) is 2.77. The molecule has 5 nitrogen and oxygen atoms in total. The lowest BCUT2D eigenvalue weighted by atomic mass is 9.78. The first-order valence-corrected chi connectivity index (χ1v) is 10.8. The number of aromatic hydroxyl groups is 1. The number of esters is 1. The molecule has 0 atom stereocenters. The van der Waals surface area contributed by atoms with Crippen LogP contribution in [0, 0.1) is 0 Å². The van der Waals surface area contributed by atoms with Crippen LogP contribution in [0.5, 0.6) is 5.75 Å². The van der Waals surface area contributed by atoms with Gasteiger partial charge in [-0.3, -0.25) is 9.59 Å². The van der Waals surface area contributed by atoms with E-state index >= 15 is 0 Å². The molecule has 28 heavy (non-hydrogen) atoms. The normalized spacial score (nSPS) is 11.9. The number of ether oxygens (including phenoxy) is 2. The average molecular weight is 411 g/mol. The smallest absolute Gasteiger partial charge is 0.306 e. The van der Waals surface area contributed by atoms with Crippen LogP contribution in [0.15, 0.2) is 12.1 Å². The maximum absolute atomic E-state index is 12.0. The van der Waals surface area contributed by atoms with Crippen molar-refractivity contribution in [3.63, 3.8) is 0 Å². The van der Waals surface area contributed by atoms with E-state index in [4.69, 9.17) is 4.74 Å². The number of rotatable bonds is 10. The van der Waals surface area contributed by atoms with E-state index in [2.05, 4.69) is 46.3 Å². The van der Waals surface area contributed by atoms with E-state index in [1.54, 1.807) is 11.8 Å². The molecular formula is C22H34O5S. The predicted octanol–water partition coefficient (Wildman–Crippen LogP) is 4.37. The number of thioether (sulfide) groups is 1. The minimum atomic E-state index is -0.229. The minimum Gasteiger partial charge on any atom is -0.507 e. The minimum absolute atomic E-state index is 0.189.